The van der Waals surface area contributed by atoms with Gasteiger partial charge in [-0.1, -0.05) is 11.3 Å². The number of aryl methyl sites for hydroxylation is 1. The Morgan fingerprint density at radius 3 is 2.66 bits per heavy atom. The van der Waals surface area contributed by atoms with Gasteiger partial charge in [0.15, 0.2) is 10.9 Å². The molecule has 0 atom stereocenters. The first-order valence-electron chi connectivity index (χ1n) is 8.05. The van der Waals surface area contributed by atoms with Crippen molar-refractivity contribution in [3.63, 3.8) is 0 Å². The van der Waals surface area contributed by atoms with Gasteiger partial charge in [0, 0.05) is 18.6 Å². The minimum atomic E-state index is -4.96. The molecule has 2 aromatic carbocycles. The molecule has 2 aromatic heterocycles. The van der Waals surface area contributed by atoms with Crippen molar-refractivity contribution < 1.29 is 26.3 Å². The van der Waals surface area contributed by atoms with E-state index < -0.39 is 22.1 Å². The van der Waals surface area contributed by atoms with Gasteiger partial charge in [0.1, 0.15) is 0 Å². The number of nitrogens with two attached hydrogens (primary N) is 1. The SMILES string of the molecule is Cn1ccc2c3nc(Nc4cc(S(N)(=O)=O)ccc4OC(F)(F)F)sc3ccc21. The number of aromatic nitrogens is 2. The van der Waals surface area contributed by atoms with Crippen LogP contribution in [0.1, 0.15) is 0 Å². The van der Waals surface area contributed by atoms with Gasteiger partial charge in [0.2, 0.25) is 10.0 Å². The minimum absolute atomic E-state index is 0.225. The number of sulfonamides is 1. The lowest BCUT2D eigenvalue weighted by Gasteiger charge is -2.14. The van der Waals surface area contributed by atoms with Crippen LogP contribution in [0.5, 0.6) is 5.75 Å². The molecule has 0 spiro atoms. The summed E-state index contributed by atoms with van der Waals surface area (Å²) < 4.78 is 68.1. The highest BCUT2D eigenvalue weighted by Gasteiger charge is 2.32. The maximum atomic E-state index is 12.7. The number of hydrogen-bond donors (Lipinski definition) is 2. The zero-order valence-corrected chi connectivity index (χ0v) is 16.3. The highest BCUT2D eigenvalue weighted by Crippen LogP contribution is 2.37. The molecular formula is C17H13F3N4O3S2. The fourth-order valence-corrected chi connectivity index (χ4v) is 4.34. The first-order valence-corrected chi connectivity index (χ1v) is 10.4. The second-order valence-electron chi connectivity index (χ2n) is 6.17. The number of nitrogens with zero attached hydrogens (tertiary/aromatic N) is 2. The van der Waals surface area contributed by atoms with Crippen LogP contribution in [0.4, 0.5) is 24.0 Å². The zero-order chi connectivity index (χ0) is 21.0. The normalized spacial score (nSPS) is 12.6. The van der Waals surface area contributed by atoms with Crippen molar-refractivity contribution in [2.75, 3.05) is 5.32 Å². The predicted octanol–water partition coefficient (Wildman–Crippen LogP) is 4.08. The topological polar surface area (TPSA) is 99.2 Å². The van der Waals surface area contributed by atoms with Gasteiger partial charge in [-0.3, -0.25) is 0 Å². The summed E-state index contributed by atoms with van der Waals surface area (Å²) in [5, 5.41) is 8.97. The van der Waals surface area contributed by atoms with E-state index in [9.17, 15) is 21.6 Å². The molecule has 0 aliphatic rings. The van der Waals surface area contributed by atoms with Crippen molar-refractivity contribution in [3.05, 3.63) is 42.6 Å². The van der Waals surface area contributed by atoms with Gasteiger partial charge in [0.25, 0.3) is 0 Å². The molecule has 4 aromatic rings. The van der Waals surface area contributed by atoms with Gasteiger partial charge in [-0.25, -0.2) is 18.5 Å². The Morgan fingerprint density at radius 2 is 1.97 bits per heavy atom. The largest absolute Gasteiger partial charge is 0.573 e. The molecular weight excluding hydrogens is 429 g/mol. The molecule has 0 bridgehead atoms. The molecule has 0 radical (unpaired) electrons. The van der Waals surface area contributed by atoms with Crippen LogP contribution < -0.4 is 15.2 Å². The second-order valence-corrected chi connectivity index (χ2v) is 8.76. The van der Waals surface area contributed by atoms with Crippen molar-refractivity contribution in [1.82, 2.24) is 9.55 Å². The van der Waals surface area contributed by atoms with Crippen LogP contribution in [0.3, 0.4) is 0 Å². The molecule has 2 heterocycles. The smallest absolute Gasteiger partial charge is 0.404 e. The number of benzene rings is 2. The maximum Gasteiger partial charge on any atom is 0.573 e. The average molecular weight is 442 g/mol. The lowest BCUT2D eigenvalue weighted by Crippen LogP contribution is -2.18. The van der Waals surface area contributed by atoms with Crippen LogP contribution >= 0.6 is 11.3 Å². The van der Waals surface area contributed by atoms with Gasteiger partial charge < -0.3 is 14.6 Å². The molecule has 0 aliphatic heterocycles. The number of halogens is 3. The molecule has 3 N–H and O–H groups in total. The Balaban J connectivity index is 1.80. The average Bonchev–Trinajstić information content (AvgIpc) is 3.17. The molecule has 0 amide bonds. The van der Waals surface area contributed by atoms with Crippen molar-refractivity contribution >= 4 is 53.3 Å². The molecule has 12 heteroatoms. The number of fused-ring (bicyclic) bond motifs is 3. The maximum absolute atomic E-state index is 12.7. The summed E-state index contributed by atoms with van der Waals surface area (Å²) in [6.45, 7) is 0. The third-order valence-electron chi connectivity index (χ3n) is 4.17. The van der Waals surface area contributed by atoms with E-state index in [0.717, 1.165) is 33.8 Å². The Morgan fingerprint density at radius 1 is 1.21 bits per heavy atom. The van der Waals surface area contributed by atoms with E-state index in [-0.39, 0.29) is 15.7 Å². The van der Waals surface area contributed by atoms with Crippen LogP contribution in [-0.2, 0) is 17.1 Å². The third kappa shape index (κ3) is 3.86. The van der Waals surface area contributed by atoms with Gasteiger partial charge in [0.05, 0.1) is 26.3 Å². The Kier molecular flexibility index (Phi) is 4.44. The fraction of sp³-hybridized carbons (Fsp3) is 0.118. The second kappa shape index (κ2) is 6.61. The summed E-state index contributed by atoms with van der Waals surface area (Å²) in [7, 11) is -2.24. The zero-order valence-electron chi connectivity index (χ0n) is 14.7. The summed E-state index contributed by atoms with van der Waals surface area (Å²) in [6, 6.07) is 8.46. The summed E-state index contributed by atoms with van der Waals surface area (Å²) in [5.41, 5.74) is 1.40. The minimum Gasteiger partial charge on any atom is -0.404 e. The molecule has 0 saturated carbocycles. The van der Waals surface area contributed by atoms with E-state index in [4.69, 9.17) is 5.14 Å². The molecule has 0 fully saturated rings. The molecule has 0 saturated heterocycles. The molecule has 152 valence electrons. The van der Waals surface area contributed by atoms with Crippen LogP contribution in [0.25, 0.3) is 21.1 Å². The predicted molar refractivity (Wildman–Crippen MR) is 104 cm³/mol. The van der Waals surface area contributed by atoms with E-state index in [1.807, 2.05) is 36.0 Å². The first-order chi connectivity index (χ1) is 13.5. The van der Waals surface area contributed by atoms with Crippen LogP contribution in [-0.4, -0.2) is 24.3 Å². The summed E-state index contributed by atoms with van der Waals surface area (Å²) in [6.07, 6.45) is -3.08. The quantitative estimate of drug-likeness (QED) is 0.496. The Hall–Kier alpha value is -2.83. The lowest BCUT2D eigenvalue weighted by atomic mass is 10.2. The molecule has 0 aliphatic carbocycles. The Labute approximate surface area is 166 Å². The van der Waals surface area contributed by atoms with Gasteiger partial charge in [-0.05, 0) is 36.4 Å². The summed E-state index contributed by atoms with van der Waals surface area (Å²) >= 11 is 1.21. The number of thiazole rings is 1. The number of alkyl halides is 3. The van der Waals surface area contributed by atoms with Crippen molar-refractivity contribution in [2.45, 2.75) is 11.3 Å². The first kappa shape index (κ1) is 19.5. The van der Waals surface area contributed by atoms with Gasteiger partial charge >= 0.3 is 6.36 Å². The van der Waals surface area contributed by atoms with Crippen molar-refractivity contribution in [1.29, 1.82) is 0 Å². The van der Waals surface area contributed by atoms with Crippen LogP contribution in [0, 0.1) is 0 Å². The summed E-state index contributed by atoms with van der Waals surface area (Å²) in [5.74, 6) is -0.603. The highest BCUT2D eigenvalue weighted by atomic mass is 32.2. The van der Waals surface area contributed by atoms with Crippen molar-refractivity contribution in [3.8, 4) is 5.75 Å². The van der Waals surface area contributed by atoms with Crippen molar-refractivity contribution in [2.24, 2.45) is 12.2 Å². The number of anilines is 2. The Bertz CT molecular complexity index is 1340. The monoisotopic (exact) mass is 442 g/mol. The molecule has 0 unspecified atom stereocenters. The molecule has 29 heavy (non-hydrogen) atoms. The van der Waals surface area contributed by atoms with Gasteiger partial charge in [-0.2, -0.15) is 0 Å². The number of rotatable bonds is 4. The van der Waals surface area contributed by atoms with E-state index >= 15 is 0 Å². The van der Waals surface area contributed by atoms with Crippen LogP contribution in [0.2, 0.25) is 0 Å². The summed E-state index contributed by atoms with van der Waals surface area (Å²) in [4.78, 5) is 4.10. The lowest BCUT2D eigenvalue weighted by molar-refractivity contribution is -0.274. The van der Waals surface area contributed by atoms with E-state index in [2.05, 4.69) is 15.0 Å². The third-order valence-corrected chi connectivity index (χ3v) is 6.02. The van der Waals surface area contributed by atoms with E-state index in [0.29, 0.717) is 5.52 Å². The highest BCUT2D eigenvalue weighted by molar-refractivity contribution is 7.89. The van der Waals surface area contributed by atoms with Crippen LogP contribution in [0.15, 0.2) is 47.5 Å². The number of ether oxygens (including phenoxy) is 1. The molecule has 7 nitrogen and oxygen atoms in total. The van der Waals surface area contributed by atoms with E-state index in [1.165, 1.54) is 11.3 Å². The standard InChI is InChI=1S/C17H13F3N4O3S2/c1-24-7-6-10-12(24)3-5-14-15(10)23-16(28-14)22-11-8-9(29(21,25)26)2-4-13(11)27-17(18,19)20/h2-8H,1H3,(H,22,23)(H2,21,25,26). The van der Waals surface area contributed by atoms with E-state index in [1.54, 1.807) is 0 Å². The number of primary sulfonamides is 1. The number of nitrogens with one attached hydrogen (secondary N) is 1. The van der Waals surface area contributed by atoms with Gasteiger partial charge in [-0.15, -0.1) is 13.2 Å². The fourth-order valence-electron chi connectivity index (χ4n) is 2.91. The molecule has 4 rings (SSSR count). The number of hydrogen-bond acceptors (Lipinski definition) is 6.